The number of nitrogens with one attached hydrogen (secondary N) is 1. The van der Waals surface area contributed by atoms with Crippen LogP contribution in [0.5, 0.6) is 0 Å². The highest BCUT2D eigenvalue weighted by Crippen LogP contribution is 2.36. The summed E-state index contributed by atoms with van der Waals surface area (Å²) >= 11 is 1.45. The van der Waals surface area contributed by atoms with Crippen molar-refractivity contribution in [2.75, 3.05) is 17.6 Å². The standard InChI is InChI=1S/C17H21N3S/c18-16-15(14-9-5-2-6-10-14)17(21-20-16)19-12-11-13-7-3-1-4-8-13/h2,5-7,9-10,19H,1,3-4,8,11-12H2,(H2,18,20). The van der Waals surface area contributed by atoms with Gasteiger partial charge in [-0.2, -0.15) is 4.37 Å². The lowest BCUT2D eigenvalue weighted by Gasteiger charge is -2.13. The molecule has 4 heteroatoms. The maximum atomic E-state index is 6.04. The van der Waals surface area contributed by atoms with Crippen molar-refractivity contribution in [3.63, 3.8) is 0 Å². The molecule has 2 aromatic rings. The number of hydrogen-bond donors (Lipinski definition) is 2. The molecule has 1 aromatic heterocycles. The average molecular weight is 299 g/mol. The van der Waals surface area contributed by atoms with Gasteiger partial charge in [-0.15, -0.1) is 0 Å². The smallest absolute Gasteiger partial charge is 0.147 e. The van der Waals surface area contributed by atoms with Gasteiger partial charge in [0.05, 0.1) is 5.56 Å². The quantitative estimate of drug-likeness (QED) is 0.787. The Morgan fingerprint density at radius 1 is 1.19 bits per heavy atom. The minimum atomic E-state index is 0.616. The molecule has 0 aliphatic heterocycles. The predicted octanol–water partition coefficient (Wildman–Crippen LogP) is 4.69. The third kappa shape index (κ3) is 3.45. The van der Waals surface area contributed by atoms with Crippen molar-refractivity contribution in [1.29, 1.82) is 0 Å². The normalized spacial score (nSPS) is 14.8. The lowest BCUT2D eigenvalue weighted by Crippen LogP contribution is -2.04. The van der Waals surface area contributed by atoms with Crippen molar-refractivity contribution >= 4 is 22.4 Å². The molecule has 3 N–H and O–H groups in total. The second kappa shape index (κ2) is 6.76. The van der Waals surface area contributed by atoms with Crippen molar-refractivity contribution in [3.8, 4) is 11.1 Å². The monoisotopic (exact) mass is 299 g/mol. The summed E-state index contributed by atoms with van der Waals surface area (Å²) in [4.78, 5) is 0. The van der Waals surface area contributed by atoms with Crippen LogP contribution in [-0.2, 0) is 0 Å². The molecule has 1 aliphatic rings. The first-order valence-electron chi connectivity index (χ1n) is 7.57. The minimum Gasteiger partial charge on any atom is -0.382 e. The maximum Gasteiger partial charge on any atom is 0.147 e. The van der Waals surface area contributed by atoms with E-state index in [0.29, 0.717) is 5.82 Å². The Hall–Kier alpha value is -1.81. The van der Waals surface area contributed by atoms with E-state index in [0.717, 1.165) is 29.1 Å². The molecule has 1 heterocycles. The largest absolute Gasteiger partial charge is 0.382 e. The molecule has 0 fully saturated rings. The Kier molecular flexibility index (Phi) is 4.55. The Morgan fingerprint density at radius 2 is 2.05 bits per heavy atom. The van der Waals surface area contributed by atoms with E-state index in [1.54, 1.807) is 5.57 Å². The average Bonchev–Trinajstić information content (AvgIpc) is 2.90. The highest BCUT2D eigenvalue weighted by atomic mass is 32.1. The molecule has 3 rings (SSSR count). The van der Waals surface area contributed by atoms with Crippen molar-refractivity contribution in [2.45, 2.75) is 32.1 Å². The summed E-state index contributed by atoms with van der Waals surface area (Å²) in [5.41, 5.74) is 9.79. The van der Waals surface area contributed by atoms with Crippen LogP contribution in [0.2, 0.25) is 0 Å². The van der Waals surface area contributed by atoms with Crippen molar-refractivity contribution in [2.24, 2.45) is 0 Å². The molecule has 1 aromatic carbocycles. The first-order valence-corrected chi connectivity index (χ1v) is 8.34. The predicted molar refractivity (Wildman–Crippen MR) is 91.6 cm³/mol. The lowest BCUT2D eigenvalue weighted by atomic mass is 9.97. The van der Waals surface area contributed by atoms with E-state index in [2.05, 4.69) is 27.9 Å². The number of benzene rings is 1. The molecule has 21 heavy (non-hydrogen) atoms. The van der Waals surface area contributed by atoms with E-state index in [4.69, 9.17) is 5.73 Å². The van der Waals surface area contributed by atoms with Crippen molar-refractivity contribution in [1.82, 2.24) is 4.37 Å². The summed E-state index contributed by atoms with van der Waals surface area (Å²) in [6.45, 7) is 0.952. The van der Waals surface area contributed by atoms with Crippen LogP contribution in [0.25, 0.3) is 11.1 Å². The lowest BCUT2D eigenvalue weighted by molar-refractivity contribution is 0.679. The molecule has 0 saturated carbocycles. The second-order valence-electron chi connectivity index (χ2n) is 5.42. The van der Waals surface area contributed by atoms with Crippen LogP contribution in [0.3, 0.4) is 0 Å². The molecule has 1 aliphatic carbocycles. The van der Waals surface area contributed by atoms with Gasteiger partial charge in [0.15, 0.2) is 0 Å². The summed E-state index contributed by atoms with van der Waals surface area (Å²) in [6, 6.07) is 10.2. The summed E-state index contributed by atoms with van der Waals surface area (Å²) in [6.07, 6.45) is 8.72. The molecule has 0 spiro atoms. The van der Waals surface area contributed by atoms with Crippen molar-refractivity contribution in [3.05, 3.63) is 42.0 Å². The maximum absolute atomic E-state index is 6.04. The highest BCUT2D eigenvalue weighted by Gasteiger charge is 2.13. The van der Waals surface area contributed by atoms with E-state index >= 15 is 0 Å². The number of anilines is 2. The highest BCUT2D eigenvalue weighted by molar-refractivity contribution is 7.11. The Balaban J connectivity index is 1.67. The van der Waals surface area contributed by atoms with Gasteiger partial charge in [-0.05, 0) is 49.2 Å². The fourth-order valence-electron chi connectivity index (χ4n) is 2.78. The van der Waals surface area contributed by atoms with E-state index in [1.165, 1.54) is 37.2 Å². The summed E-state index contributed by atoms with van der Waals surface area (Å²) in [7, 11) is 0. The zero-order valence-electron chi connectivity index (χ0n) is 12.1. The molecule has 0 amide bonds. The van der Waals surface area contributed by atoms with Gasteiger partial charge in [-0.1, -0.05) is 42.0 Å². The van der Waals surface area contributed by atoms with Crippen LogP contribution >= 0.6 is 11.5 Å². The third-order valence-corrected chi connectivity index (χ3v) is 4.72. The molecule has 110 valence electrons. The number of allylic oxidation sites excluding steroid dienone is 1. The van der Waals surface area contributed by atoms with E-state index in [-0.39, 0.29) is 0 Å². The van der Waals surface area contributed by atoms with Crippen molar-refractivity contribution < 1.29 is 0 Å². The minimum absolute atomic E-state index is 0.616. The Labute approximate surface area is 130 Å². The van der Waals surface area contributed by atoms with Gasteiger partial charge in [0.25, 0.3) is 0 Å². The van der Waals surface area contributed by atoms with Crippen LogP contribution < -0.4 is 11.1 Å². The van der Waals surface area contributed by atoms with Gasteiger partial charge in [-0.3, -0.25) is 0 Å². The number of aromatic nitrogens is 1. The second-order valence-corrected chi connectivity index (χ2v) is 6.20. The fourth-order valence-corrected chi connectivity index (χ4v) is 3.54. The molecular formula is C17H21N3S. The Bertz CT molecular complexity index is 616. The van der Waals surface area contributed by atoms with Gasteiger partial charge < -0.3 is 11.1 Å². The van der Waals surface area contributed by atoms with Gasteiger partial charge >= 0.3 is 0 Å². The molecule has 0 saturated heterocycles. The summed E-state index contributed by atoms with van der Waals surface area (Å²) in [5.74, 6) is 0.616. The first-order chi connectivity index (χ1) is 10.3. The van der Waals surface area contributed by atoms with Crippen LogP contribution in [0, 0.1) is 0 Å². The van der Waals surface area contributed by atoms with Crippen LogP contribution in [0.1, 0.15) is 32.1 Å². The van der Waals surface area contributed by atoms with Crippen LogP contribution in [-0.4, -0.2) is 10.9 Å². The summed E-state index contributed by atoms with van der Waals surface area (Å²) < 4.78 is 4.30. The molecule has 0 atom stereocenters. The van der Waals surface area contributed by atoms with Gasteiger partial charge in [0, 0.05) is 6.54 Å². The van der Waals surface area contributed by atoms with Crippen LogP contribution in [0.4, 0.5) is 10.8 Å². The fraction of sp³-hybridized carbons (Fsp3) is 0.353. The molecule has 0 bridgehead atoms. The SMILES string of the molecule is Nc1nsc(NCCC2=CCCCC2)c1-c1ccccc1. The van der Waals surface area contributed by atoms with Gasteiger partial charge in [0.1, 0.15) is 10.8 Å². The molecule has 0 radical (unpaired) electrons. The Morgan fingerprint density at radius 3 is 2.81 bits per heavy atom. The zero-order chi connectivity index (χ0) is 14.5. The molecule has 0 unspecified atom stereocenters. The number of nitrogens with two attached hydrogens (primary N) is 1. The van der Waals surface area contributed by atoms with Gasteiger partial charge in [0.2, 0.25) is 0 Å². The number of hydrogen-bond acceptors (Lipinski definition) is 4. The third-order valence-electron chi connectivity index (χ3n) is 3.90. The van der Waals surface area contributed by atoms with E-state index < -0.39 is 0 Å². The van der Waals surface area contributed by atoms with E-state index in [9.17, 15) is 0 Å². The van der Waals surface area contributed by atoms with E-state index in [1.807, 2.05) is 18.2 Å². The number of rotatable bonds is 5. The zero-order valence-corrected chi connectivity index (χ0v) is 13.0. The topological polar surface area (TPSA) is 50.9 Å². The number of nitrogen functional groups attached to an aromatic ring is 1. The first kappa shape index (κ1) is 14.1. The molecular weight excluding hydrogens is 278 g/mol. The van der Waals surface area contributed by atoms with Crippen LogP contribution in [0.15, 0.2) is 42.0 Å². The van der Waals surface area contributed by atoms with Gasteiger partial charge in [-0.25, -0.2) is 0 Å². The summed E-state index contributed by atoms with van der Waals surface area (Å²) in [5, 5.41) is 4.59. The number of nitrogens with zero attached hydrogens (tertiary/aromatic N) is 1. The molecule has 3 nitrogen and oxygen atoms in total.